The molecule has 4 unspecified atom stereocenters. The molecule has 1 fully saturated rings. The standard InChI is InChI=1S/C55H60N6O17S/c1-28(56-50(72)77-52(3,4)5)43(63)58-34-19-13-30(14-20-34)45(65)60-54(48(68)69)41(32-17-23-36(62)38(26-32)74-9)55(49(70)71,42(54)33-18-24-37(39(27-33)75-10)76-47(67)40-12-11-25-79-40)61-46(66)31-15-21-35(22-16-31)59-44(64)29(2)57-51(73)78-53(6,7)8/h11-29,41-42,62H,1-10H3,(H,56,72)(H,57,73)(H,58,63)(H,59,64)(H,60,65)(H,61,66)(H,68,69)(H,70,71)/t28?,29?,41?,42?,54-,55+. The number of hydrogen-bond donors (Lipinski definition) is 9. The van der Waals surface area contributed by atoms with Crippen molar-refractivity contribution in [2.45, 2.75) is 102 Å². The molecule has 1 saturated carbocycles. The maximum atomic E-state index is 14.7. The number of carboxylic acids is 2. The third kappa shape index (κ3) is 13.3. The lowest BCUT2D eigenvalue weighted by molar-refractivity contribution is -0.171. The zero-order valence-electron chi connectivity index (χ0n) is 44.6. The predicted molar refractivity (Wildman–Crippen MR) is 286 cm³/mol. The second-order valence-corrected chi connectivity index (χ2v) is 21.1. The maximum Gasteiger partial charge on any atom is 0.408 e. The smallest absolute Gasteiger partial charge is 0.408 e. The average molecular weight is 1110 g/mol. The third-order valence-electron chi connectivity index (χ3n) is 12.2. The Morgan fingerprint density at radius 2 is 0.987 bits per heavy atom. The minimum absolute atomic E-state index is 0.155. The summed E-state index contributed by atoms with van der Waals surface area (Å²) in [4.78, 5) is 122. The van der Waals surface area contributed by atoms with Crippen LogP contribution in [0.15, 0.2) is 102 Å². The number of anilines is 2. The van der Waals surface area contributed by atoms with E-state index in [0.717, 1.165) is 23.5 Å². The number of nitrogens with one attached hydrogen (secondary N) is 6. The number of phenols is 1. The summed E-state index contributed by atoms with van der Waals surface area (Å²) in [7, 11) is 2.40. The van der Waals surface area contributed by atoms with Gasteiger partial charge in [-0.2, -0.15) is 0 Å². The van der Waals surface area contributed by atoms with E-state index >= 15 is 0 Å². The number of aromatic hydroxyl groups is 1. The monoisotopic (exact) mass is 1110 g/mol. The number of amides is 6. The number of esters is 1. The van der Waals surface area contributed by atoms with E-state index in [2.05, 4.69) is 31.9 Å². The number of alkyl carbamates (subject to hydrolysis) is 2. The van der Waals surface area contributed by atoms with E-state index in [-0.39, 0.29) is 55.8 Å². The topological polar surface area (TPSA) is 333 Å². The number of carbonyl (C=O) groups is 9. The average Bonchev–Trinajstić information content (AvgIpc) is 4.04. The van der Waals surface area contributed by atoms with Crippen molar-refractivity contribution in [1.29, 1.82) is 0 Å². The molecule has 1 aliphatic carbocycles. The minimum atomic E-state index is -2.77. The van der Waals surface area contributed by atoms with Crippen LogP contribution in [0.3, 0.4) is 0 Å². The van der Waals surface area contributed by atoms with Crippen LogP contribution in [0.1, 0.15) is 109 Å². The molecule has 9 N–H and O–H groups in total. The van der Waals surface area contributed by atoms with E-state index in [1.165, 1.54) is 107 Å². The molecule has 0 spiro atoms. The van der Waals surface area contributed by atoms with Crippen LogP contribution in [0, 0.1) is 0 Å². The Morgan fingerprint density at radius 1 is 0.570 bits per heavy atom. The molecule has 1 aliphatic rings. The molecule has 5 aromatic rings. The molecular weight excluding hydrogens is 1050 g/mol. The van der Waals surface area contributed by atoms with Gasteiger partial charge >= 0.3 is 30.1 Å². The molecule has 4 aromatic carbocycles. The summed E-state index contributed by atoms with van der Waals surface area (Å²) in [5, 5.41) is 51.0. The Kier molecular flexibility index (Phi) is 17.6. The highest BCUT2D eigenvalue weighted by Crippen LogP contribution is 2.64. The molecule has 24 heteroatoms. The maximum absolute atomic E-state index is 14.7. The van der Waals surface area contributed by atoms with Crippen molar-refractivity contribution in [3.8, 4) is 23.0 Å². The molecule has 6 rings (SSSR count). The fourth-order valence-electron chi connectivity index (χ4n) is 8.79. The van der Waals surface area contributed by atoms with Crippen LogP contribution < -0.4 is 46.1 Å². The predicted octanol–water partition coefficient (Wildman–Crippen LogP) is 6.78. The first-order valence-corrected chi connectivity index (χ1v) is 25.1. The second kappa shape index (κ2) is 23.6. The summed E-state index contributed by atoms with van der Waals surface area (Å²) >= 11 is 1.09. The first-order valence-electron chi connectivity index (χ1n) is 24.3. The van der Waals surface area contributed by atoms with Gasteiger partial charge in [0, 0.05) is 22.5 Å². The fourth-order valence-corrected chi connectivity index (χ4v) is 9.39. The normalized spacial score (nSPS) is 18.4. The highest BCUT2D eigenvalue weighted by atomic mass is 32.1. The van der Waals surface area contributed by atoms with Gasteiger partial charge in [0.2, 0.25) is 11.8 Å². The van der Waals surface area contributed by atoms with Gasteiger partial charge in [0.25, 0.3) is 11.8 Å². The van der Waals surface area contributed by atoms with Gasteiger partial charge in [-0.25, -0.2) is 24.0 Å². The number of aliphatic carboxylic acids is 2. The van der Waals surface area contributed by atoms with Crippen LogP contribution >= 0.6 is 11.3 Å². The lowest BCUT2D eigenvalue weighted by atomic mass is 9.43. The number of ether oxygens (including phenoxy) is 5. The van der Waals surface area contributed by atoms with Gasteiger partial charge in [-0.1, -0.05) is 18.2 Å². The van der Waals surface area contributed by atoms with Crippen LogP contribution in [0.25, 0.3) is 0 Å². The van der Waals surface area contributed by atoms with Crippen LogP contribution in [0.5, 0.6) is 23.0 Å². The molecule has 0 aliphatic heterocycles. The number of thiophene rings is 1. The van der Waals surface area contributed by atoms with Crippen molar-refractivity contribution in [3.63, 3.8) is 0 Å². The quantitative estimate of drug-likeness (QED) is 0.0322. The Balaban J connectivity index is 1.44. The summed E-state index contributed by atoms with van der Waals surface area (Å²) in [6.07, 6.45) is -1.68. The van der Waals surface area contributed by atoms with Crippen LogP contribution in [-0.4, -0.2) is 118 Å². The Hall–Kier alpha value is -9.19. The van der Waals surface area contributed by atoms with Crippen LogP contribution in [-0.2, 0) is 28.7 Å². The van der Waals surface area contributed by atoms with Crippen molar-refractivity contribution in [2.24, 2.45) is 0 Å². The fraction of sp³-hybridized carbons (Fsp3) is 0.327. The molecule has 1 aromatic heterocycles. The number of benzene rings is 4. The molecule has 0 radical (unpaired) electrons. The Labute approximate surface area is 457 Å². The van der Waals surface area contributed by atoms with Gasteiger partial charge in [-0.05, 0) is 151 Å². The Morgan fingerprint density at radius 3 is 1.37 bits per heavy atom. The first-order chi connectivity index (χ1) is 37.0. The van der Waals surface area contributed by atoms with E-state index in [9.17, 15) is 58.5 Å². The van der Waals surface area contributed by atoms with Crippen molar-refractivity contribution >= 4 is 76.4 Å². The van der Waals surface area contributed by atoms with Gasteiger partial charge < -0.3 is 70.9 Å². The van der Waals surface area contributed by atoms with Gasteiger partial charge in [0.1, 0.15) is 28.2 Å². The first kappa shape index (κ1) is 59.1. The molecule has 1 heterocycles. The van der Waals surface area contributed by atoms with Gasteiger partial charge in [-0.3, -0.25) is 19.2 Å². The van der Waals surface area contributed by atoms with E-state index < -0.39 is 106 Å². The van der Waals surface area contributed by atoms with Gasteiger partial charge in [0.15, 0.2) is 34.1 Å². The van der Waals surface area contributed by atoms with Crippen molar-refractivity contribution < 1.29 is 82.2 Å². The number of phenolic OH excluding ortho intramolecular Hbond substituents is 1. The molecule has 6 amide bonds. The van der Waals surface area contributed by atoms with Crippen molar-refractivity contribution in [1.82, 2.24) is 21.3 Å². The third-order valence-corrected chi connectivity index (χ3v) is 13.1. The Bertz CT molecular complexity index is 3020. The summed E-state index contributed by atoms with van der Waals surface area (Å²) in [5.74, 6) is -12.9. The molecule has 23 nitrogen and oxygen atoms in total. The van der Waals surface area contributed by atoms with E-state index in [0.29, 0.717) is 0 Å². The zero-order chi connectivity index (χ0) is 58.4. The molecule has 418 valence electrons. The van der Waals surface area contributed by atoms with Crippen molar-refractivity contribution in [3.05, 3.63) is 130 Å². The number of rotatable bonds is 18. The van der Waals surface area contributed by atoms with E-state index in [1.54, 1.807) is 53.0 Å². The summed E-state index contributed by atoms with van der Waals surface area (Å²) < 4.78 is 27.1. The largest absolute Gasteiger partial charge is 0.504 e. The lowest BCUT2D eigenvalue weighted by Gasteiger charge is -2.64. The van der Waals surface area contributed by atoms with E-state index in [4.69, 9.17) is 23.7 Å². The lowest BCUT2D eigenvalue weighted by Crippen LogP contribution is -2.86. The van der Waals surface area contributed by atoms with Crippen LogP contribution in [0.2, 0.25) is 0 Å². The SMILES string of the molecule is COc1cc(C2[C@](NC(=O)c3ccc(NC(=O)C(C)NC(=O)OC(C)(C)C)cc3)(C(=O)O)C(c3ccc(OC(=O)c4cccs4)c(OC)c3)[C@]2(NC(=O)c2ccc(NC(=O)C(C)NC(=O)OC(C)(C)C)cc2)C(=O)O)ccc1O. The second-order valence-electron chi connectivity index (χ2n) is 20.2. The summed E-state index contributed by atoms with van der Waals surface area (Å²) in [5.41, 5.74) is -7.60. The molecule has 0 bridgehead atoms. The number of hydrogen-bond acceptors (Lipinski definition) is 16. The van der Waals surface area contributed by atoms with Crippen molar-refractivity contribution in [2.75, 3.05) is 24.9 Å². The van der Waals surface area contributed by atoms with Crippen LogP contribution in [0.4, 0.5) is 21.0 Å². The number of methoxy groups -OCH3 is 2. The highest BCUT2D eigenvalue weighted by molar-refractivity contribution is 7.12. The number of carboxylic acid groups (broad SMARTS) is 2. The zero-order valence-corrected chi connectivity index (χ0v) is 45.4. The molecular formula is C55H60N6O17S. The number of carbonyl (C=O) groups excluding carboxylic acids is 7. The molecule has 0 saturated heterocycles. The summed E-state index contributed by atoms with van der Waals surface area (Å²) in [6.45, 7) is 12.7. The summed E-state index contributed by atoms with van der Waals surface area (Å²) in [6, 6.07) is 18.4. The molecule has 79 heavy (non-hydrogen) atoms. The highest BCUT2D eigenvalue weighted by Gasteiger charge is 2.80. The van der Waals surface area contributed by atoms with Gasteiger partial charge in [-0.15, -0.1) is 11.3 Å². The van der Waals surface area contributed by atoms with Gasteiger partial charge in [0.05, 0.1) is 26.1 Å². The van der Waals surface area contributed by atoms with E-state index in [1.807, 2.05) is 0 Å². The molecule has 6 atom stereocenters. The minimum Gasteiger partial charge on any atom is -0.504 e.